The molecule has 0 radical (unpaired) electrons. The van der Waals surface area contributed by atoms with Crippen LogP contribution in [0.1, 0.15) is 43.0 Å². The third-order valence-electron chi connectivity index (χ3n) is 9.39. The standard InChI is InChI=1S/C44H52N4O7/c1-44(2,3)55-43(54)45-35(27-31-19-11-7-12-20-31)39(49)46(4)36(28-32-21-13-8-14-22-32)40(50)47(5)37(29-33-23-15-9-16-24-33)41(51)48(6)38(42(52)53)30-34-25-17-10-18-26-34/h7-26,35-38H,27-30H2,1-6H3,(H,45,54)(H,52,53)/t35-,36-,37-,38-/m0/s1. The van der Waals surface area contributed by atoms with E-state index >= 15 is 0 Å². The van der Waals surface area contributed by atoms with E-state index in [1.165, 1.54) is 35.8 Å². The van der Waals surface area contributed by atoms with Crippen molar-refractivity contribution in [2.75, 3.05) is 21.1 Å². The third-order valence-corrected chi connectivity index (χ3v) is 9.39. The summed E-state index contributed by atoms with van der Waals surface area (Å²) < 4.78 is 5.51. The second-order valence-corrected chi connectivity index (χ2v) is 14.7. The number of hydrogen-bond acceptors (Lipinski definition) is 6. The summed E-state index contributed by atoms with van der Waals surface area (Å²) in [6.45, 7) is 5.17. The Bertz CT molecular complexity index is 1870. The monoisotopic (exact) mass is 748 g/mol. The molecule has 0 bridgehead atoms. The largest absolute Gasteiger partial charge is 0.480 e. The molecule has 0 aromatic heterocycles. The lowest BCUT2D eigenvalue weighted by Crippen LogP contribution is -2.60. The number of rotatable bonds is 16. The first-order valence-electron chi connectivity index (χ1n) is 18.3. The Kier molecular flexibility index (Phi) is 14.7. The number of likely N-dealkylation sites (N-methyl/N-ethyl adjacent to an activating group) is 3. The fourth-order valence-corrected chi connectivity index (χ4v) is 6.36. The average Bonchev–Trinajstić information content (AvgIpc) is 3.17. The Balaban J connectivity index is 1.71. The molecule has 11 heteroatoms. The van der Waals surface area contributed by atoms with Gasteiger partial charge in [0.2, 0.25) is 17.7 Å². The molecule has 0 aliphatic heterocycles. The minimum Gasteiger partial charge on any atom is -0.480 e. The molecule has 290 valence electrons. The van der Waals surface area contributed by atoms with Crippen LogP contribution in [0.15, 0.2) is 121 Å². The molecule has 0 saturated carbocycles. The third kappa shape index (κ3) is 12.3. The van der Waals surface area contributed by atoms with E-state index in [0.717, 1.165) is 22.3 Å². The van der Waals surface area contributed by atoms with Crippen molar-refractivity contribution < 1.29 is 33.8 Å². The molecule has 4 aromatic carbocycles. The van der Waals surface area contributed by atoms with Crippen molar-refractivity contribution in [2.24, 2.45) is 0 Å². The van der Waals surface area contributed by atoms with E-state index in [9.17, 15) is 29.1 Å². The highest BCUT2D eigenvalue weighted by Gasteiger charge is 2.40. The number of ether oxygens (including phenoxy) is 1. The van der Waals surface area contributed by atoms with Crippen molar-refractivity contribution in [2.45, 2.75) is 76.2 Å². The number of alkyl carbamates (subject to hydrolysis) is 1. The van der Waals surface area contributed by atoms with E-state index in [1.807, 2.05) is 97.1 Å². The molecule has 4 aromatic rings. The second-order valence-electron chi connectivity index (χ2n) is 14.7. The molecule has 0 spiro atoms. The zero-order chi connectivity index (χ0) is 40.1. The van der Waals surface area contributed by atoms with E-state index < -0.39 is 59.6 Å². The maximum Gasteiger partial charge on any atom is 0.408 e. The van der Waals surface area contributed by atoms with Gasteiger partial charge < -0.3 is 29.9 Å². The summed E-state index contributed by atoms with van der Waals surface area (Å²) in [7, 11) is 4.45. The fourth-order valence-electron chi connectivity index (χ4n) is 6.36. The highest BCUT2D eigenvalue weighted by Crippen LogP contribution is 2.20. The normalized spacial score (nSPS) is 13.3. The summed E-state index contributed by atoms with van der Waals surface area (Å²) in [6, 6.07) is 32.1. The lowest BCUT2D eigenvalue weighted by atomic mass is 9.98. The highest BCUT2D eigenvalue weighted by atomic mass is 16.6. The molecular weight excluding hydrogens is 697 g/mol. The quantitative estimate of drug-likeness (QED) is 0.156. The fraction of sp³-hybridized carbons (Fsp3) is 0.341. The Morgan fingerprint density at radius 1 is 0.527 bits per heavy atom. The number of carboxylic acid groups (broad SMARTS) is 1. The van der Waals surface area contributed by atoms with Crippen LogP contribution in [-0.2, 0) is 49.6 Å². The molecule has 0 unspecified atom stereocenters. The van der Waals surface area contributed by atoms with Crippen LogP contribution in [0, 0.1) is 0 Å². The molecule has 0 heterocycles. The van der Waals surface area contributed by atoms with Crippen LogP contribution in [-0.4, -0.2) is 101 Å². The van der Waals surface area contributed by atoms with Crippen molar-refractivity contribution >= 4 is 29.8 Å². The summed E-state index contributed by atoms with van der Waals surface area (Å²) >= 11 is 0. The number of amides is 4. The van der Waals surface area contributed by atoms with Crippen LogP contribution in [0.25, 0.3) is 0 Å². The van der Waals surface area contributed by atoms with Gasteiger partial charge in [0, 0.05) is 46.8 Å². The van der Waals surface area contributed by atoms with Gasteiger partial charge in [0.15, 0.2) is 0 Å². The molecule has 4 amide bonds. The second kappa shape index (κ2) is 19.4. The predicted molar refractivity (Wildman–Crippen MR) is 211 cm³/mol. The average molecular weight is 749 g/mol. The van der Waals surface area contributed by atoms with Gasteiger partial charge in [-0.05, 0) is 43.0 Å². The SMILES string of the molecule is CN(C(=O)[C@H](Cc1ccccc1)NC(=O)OC(C)(C)C)[C@@H](Cc1ccccc1)C(=O)N(C)[C@@H](Cc1ccccc1)C(=O)N(C)[C@@H](Cc1ccccc1)C(=O)O. The zero-order valence-corrected chi connectivity index (χ0v) is 32.4. The van der Waals surface area contributed by atoms with Crippen molar-refractivity contribution in [3.63, 3.8) is 0 Å². The van der Waals surface area contributed by atoms with Gasteiger partial charge in [0.05, 0.1) is 0 Å². The van der Waals surface area contributed by atoms with Crippen LogP contribution in [0.2, 0.25) is 0 Å². The molecule has 0 fully saturated rings. The van der Waals surface area contributed by atoms with Gasteiger partial charge in [0.1, 0.15) is 29.8 Å². The maximum atomic E-state index is 14.9. The minimum atomic E-state index is -1.21. The van der Waals surface area contributed by atoms with E-state index in [-0.39, 0.29) is 25.7 Å². The molecule has 0 aliphatic rings. The van der Waals surface area contributed by atoms with E-state index in [2.05, 4.69) is 5.32 Å². The Hall–Kier alpha value is -5.97. The number of nitrogens with one attached hydrogen (secondary N) is 1. The van der Waals surface area contributed by atoms with E-state index in [0.29, 0.717) is 0 Å². The predicted octanol–water partition coefficient (Wildman–Crippen LogP) is 5.42. The number of carboxylic acids is 1. The zero-order valence-electron chi connectivity index (χ0n) is 32.4. The van der Waals surface area contributed by atoms with Gasteiger partial charge >= 0.3 is 12.1 Å². The molecule has 55 heavy (non-hydrogen) atoms. The molecule has 0 saturated heterocycles. The molecular formula is C44H52N4O7. The smallest absolute Gasteiger partial charge is 0.408 e. The Morgan fingerprint density at radius 2 is 0.836 bits per heavy atom. The Morgan fingerprint density at radius 3 is 1.18 bits per heavy atom. The summed E-state index contributed by atoms with van der Waals surface area (Å²) in [5.41, 5.74) is 2.24. The lowest BCUT2D eigenvalue weighted by Gasteiger charge is -2.38. The van der Waals surface area contributed by atoms with Crippen LogP contribution in [0.4, 0.5) is 4.79 Å². The molecule has 4 rings (SSSR count). The van der Waals surface area contributed by atoms with Gasteiger partial charge in [-0.3, -0.25) is 14.4 Å². The summed E-state index contributed by atoms with van der Waals surface area (Å²) in [5.74, 6) is -2.81. The van der Waals surface area contributed by atoms with Crippen LogP contribution in [0.5, 0.6) is 0 Å². The number of benzene rings is 4. The van der Waals surface area contributed by atoms with Crippen molar-refractivity contribution in [3.8, 4) is 0 Å². The summed E-state index contributed by atoms with van der Waals surface area (Å²) in [5, 5.41) is 13.0. The first-order chi connectivity index (χ1) is 26.1. The summed E-state index contributed by atoms with van der Waals surface area (Å²) in [6.07, 6.45) is -0.391. The molecule has 2 N–H and O–H groups in total. The van der Waals surface area contributed by atoms with E-state index in [1.54, 1.807) is 45.0 Å². The first kappa shape index (κ1) is 41.8. The maximum absolute atomic E-state index is 14.9. The van der Waals surface area contributed by atoms with Gasteiger partial charge in [0.25, 0.3) is 0 Å². The summed E-state index contributed by atoms with van der Waals surface area (Å²) in [4.78, 5) is 73.3. The van der Waals surface area contributed by atoms with Crippen molar-refractivity contribution in [3.05, 3.63) is 144 Å². The number of nitrogens with zero attached hydrogens (tertiary/aromatic N) is 3. The van der Waals surface area contributed by atoms with Crippen molar-refractivity contribution in [1.82, 2.24) is 20.0 Å². The Labute approximate surface area is 323 Å². The molecule has 4 atom stereocenters. The topological polar surface area (TPSA) is 137 Å². The van der Waals surface area contributed by atoms with Crippen LogP contribution in [0.3, 0.4) is 0 Å². The number of hydrogen-bond donors (Lipinski definition) is 2. The number of carbonyl (C=O) groups is 5. The van der Waals surface area contributed by atoms with E-state index in [4.69, 9.17) is 4.74 Å². The van der Waals surface area contributed by atoms with Gasteiger partial charge in [-0.2, -0.15) is 0 Å². The van der Waals surface area contributed by atoms with Crippen molar-refractivity contribution in [1.29, 1.82) is 0 Å². The van der Waals surface area contributed by atoms with Gasteiger partial charge in [-0.1, -0.05) is 121 Å². The van der Waals surface area contributed by atoms with Gasteiger partial charge in [-0.25, -0.2) is 9.59 Å². The highest BCUT2D eigenvalue weighted by molar-refractivity contribution is 5.95. The van der Waals surface area contributed by atoms with Crippen LogP contribution < -0.4 is 5.32 Å². The molecule has 0 aliphatic carbocycles. The first-order valence-corrected chi connectivity index (χ1v) is 18.3. The minimum absolute atomic E-state index is 0.0649. The number of aliphatic carboxylic acids is 1. The van der Waals surface area contributed by atoms with Crippen LogP contribution >= 0.6 is 0 Å². The number of carbonyl (C=O) groups excluding carboxylic acids is 4. The lowest BCUT2D eigenvalue weighted by molar-refractivity contribution is -0.155. The van der Waals surface area contributed by atoms with Gasteiger partial charge in [-0.15, -0.1) is 0 Å². The molecule has 11 nitrogen and oxygen atoms in total.